The lowest BCUT2D eigenvalue weighted by Crippen LogP contribution is -2.40. The molecule has 0 bridgehead atoms. The van der Waals surface area contributed by atoms with Crippen molar-refractivity contribution < 1.29 is 5.11 Å². The number of aromatic nitrogens is 2. The number of benzene rings is 1. The Morgan fingerprint density at radius 3 is 2.59 bits per heavy atom. The third kappa shape index (κ3) is 7.20. The van der Waals surface area contributed by atoms with Crippen LogP contribution in [0.1, 0.15) is 50.6 Å². The van der Waals surface area contributed by atoms with Crippen LogP contribution in [-0.4, -0.2) is 40.5 Å². The monoisotopic (exact) mass is 399 g/mol. The maximum atomic E-state index is 9.35. The van der Waals surface area contributed by atoms with Crippen LogP contribution < -0.4 is 10.6 Å². The minimum Gasteiger partial charge on any atom is -0.396 e. The van der Waals surface area contributed by atoms with Gasteiger partial charge < -0.3 is 15.7 Å². The van der Waals surface area contributed by atoms with E-state index in [1.54, 1.807) is 0 Å². The molecule has 160 valence electrons. The van der Waals surface area contributed by atoms with Gasteiger partial charge in [-0.3, -0.25) is 0 Å². The van der Waals surface area contributed by atoms with Crippen molar-refractivity contribution in [2.24, 2.45) is 16.8 Å². The van der Waals surface area contributed by atoms with E-state index in [4.69, 9.17) is 4.99 Å². The minimum absolute atomic E-state index is 0.225. The lowest BCUT2D eigenvalue weighted by Gasteiger charge is -2.20. The predicted molar refractivity (Wildman–Crippen MR) is 121 cm³/mol. The molecule has 3 N–H and O–H groups in total. The maximum Gasteiger partial charge on any atom is 0.191 e. The Kier molecular flexibility index (Phi) is 9.19. The highest BCUT2D eigenvalue weighted by Crippen LogP contribution is 2.18. The molecule has 0 aliphatic rings. The molecule has 2 rings (SSSR count). The molecule has 0 aliphatic carbocycles. The maximum absolute atomic E-state index is 9.35. The van der Waals surface area contributed by atoms with Gasteiger partial charge in [-0.2, -0.15) is 5.10 Å². The third-order valence-electron chi connectivity index (χ3n) is 4.88. The van der Waals surface area contributed by atoms with Crippen molar-refractivity contribution in [3.8, 4) is 5.69 Å². The number of hydrogen-bond acceptors (Lipinski definition) is 3. The number of nitrogens with one attached hydrogen (secondary N) is 2. The SMILES string of the molecule is CCNC(=NCc1ccccc1-n1nc(C)cc1C)NCC(CCO)CC(C)C. The van der Waals surface area contributed by atoms with Crippen molar-refractivity contribution in [1.29, 1.82) is 0 Å². The van der Waals surface area contributed by atoms with Gasteiger partial charge in [0.1, 0.15) is 0 Å². The fraction of sp³-hybridized carbons (Fsp3) is 0.565. The van der Waals surface area contributed by atoms with Gasteiger partial charge in [-0.15, -0.1) is 0 Å². The zero-order chi connectivity index (χ0) is 21.2. The van der Waals surface area contributed by atoms with Crippen LogP contribution in [0.25, 0.3) is 5.69 Å². The van der Waals surface area contributed by atoms with Gasteiger partial charge in [0, 0.05) is 25.4 Å². The number of aliphatic imine (C=N–C) groups is 1. The lowest BCUT2D eigenvalue weighted by molar-refractivity contribution is 0.243. The van der Waals surface area contributed by atoms with E-state index < -0.39 is 0 Å². The molecule has 1 atom stereocenters. The zero-order valence-corrected chi connectivity index (χ0v) is 18.6. The number of aliphatic hydroxyl groups is 1. The van der Waals surface area contributed by atoms with Crippen molar-refractivity contribution in [2.45, 2.75) is 54.0 Å². The van der Waals surface area contributed by atoms with E-state index >= 15 is 0 Å². The van der Waals surface area contributed by atoms with Crippen LogP contribution in [-0.2, 0) is 6.54 Å². The molecule has 0 radical (unpaired) electrons. The molecule has 1 unspecified atom stereocenters. The Morgan fingerprint density at radius 2 is 1.97 bits per heavy atom. The van der Waals surface area contributed by atoms with Crippen molar-refractivity contribution in [3.63, 3.8) is 0 Å². The van der Waals surface area contributed by atoms with Crippen LogP contribution in [0.4, 0.5) is 0 Å². The second kappa shape index (κ2) is 11.6. The first-order chi connectivity index (χ1) is 13.9. The molecule has 0 saturated heterocycles. The standard InChI is InChI=1S/C23H37N5O/c1-6-24-23(25-15-20(11-12-29)13-17(2)3)26-16-21-9-7-8-10-22(21)28-19(5)14-18(4)27-28/h7-10,14,17,20,29H,6,11-13,15-16H2,1-5H3,(H2,24,25,26). The average molecular weight is 400 g/mol. The number of rotatable bonds is 10. The number of para-hydroxylation sites is 1. The number of nitrogens with zero attached hydrogens (tertiary/aromatic N) is 3. The van der Waals surface area contributed by atoms with Crippen LogP contribution in [0.5, 0.6) is 0 Å². The molecule has 6 nitrogen and oxygen atoms in total. The zero-order valence-electron chi connectivity index (χ0n) is 18.6. The van der Waals surface area contributed by atoms with Gasteiger partial charge in [-0.25, -0.2) is 9.67 Å². The molecule has 1 aromatic heterocycles. The van der Waals surface area contributed by atoms with Gasteiger partial charge in [-0.05, 0) is 63.1 Å². The number of aliphatic hydroxyl groups excluding tert-OH is 1. The molecule has 1 heterocycles. The second-order valence-electron chi connectivity index (χ2n) is 8.05. The Bertz CT molecular complexity index is 781. The number of aryl methyl sites for hydroxylation is 2. The first-order valence-electron chi connectivity index (χ1n) is 10.7. The first kappa shape index (κ1) is 22.9. The molecule has 0 saturated carbocycles. The van der Waals surface area contributed by atoms with Gasteiger partial charge in [0.05, 0.1) is 17.9 Å². The molecule has 2 aromatic rings. The molecule has 1 aromatic carbocycles. The van der Waals surface area contributed by atoms with Crippen LogP contribution in [0.3, 0.4) is 0 Å². The fourth-order valence-electron chi connectivity index (χ4n) is 3.62. The molecule has 6 heteroatoms. The summed E-state index contributed by atoms with van der Waals surface area (Å²) in [5.41, 5.74) is 4.32. The minimum atomic E-state index is 0.225. The average Bonchev–Trinajstić information content (AvgIpc) is 3.01. The summed E-state index contributed by atoms with van der Waals surface area (Å²) < 4.78 is 1.99. The molecule has 0 fully saturated rings. The number of hydrogen-bond donors (Lipinski definition) is 3. The first-order valence-corrected chi connectivity index (χ1v) is 10.7. The smallest absolute Gasteiger partial charge is 0.191 e. The topological polar surface area (TPSA) is 74.5 Å². The van der Waals surface area contributed by atoms with Gasteiger partial charge in [-0.1, -0.05) is 32.0 Å². The lowest BCUT2D eigenvalue weighted by atomic mass is 9.94. The van der Waals surface area contributed by atoms with E-state index in [1.807, 2.05) is 23.7 Å². The summed E-state index contributed by atoms with van der Waals surface area (Å²) in [4.78, 5) is 4.81. The Labute approximate surface area is 175 Å². The molecule has 0 amide bonds. The summed E-state index contributed by atoms with van der Waals surface area (Å²) in [6, 6.07) is 10.4. The van der Waals surface area contributed by atoms with Crippen LogP contribution in [0.15, 0.2) is 35.3 Å². The van der Waals surface area contributed by atoms with E-state index in [1.165, 1.54) is 0 Å². The third-order valence-corrected chi connectivity index (χ3v) is 4.88. The molecular formula is C23H37N5O. The highest BCUT2D eigenvalue weighted by Gasteiger charge is 2.12. The summed E-state index contributed by atoms with van der Waals surface area (Å²) >= 11 is 0. The molecule has 29 heavy (non-hydrogen) atoms. The van der Waals surface area contributed by atoms with Crippen LogP contribution in [0, 0.1) is 25.7 Å². The van der Waals surface area contributed by atoms with Crippen molar-refractivity contribution in [2.75, 3.05) is 19.7 Å². The van der Waals surface area contributed by atoms with E-state index in [2.05, 4.69) is 61.6 Å². The van der Waals surface area contributed by atoms with E-state index in [0.717, 1.165) is 54.5 Å². The van der Waals surface area contributed by atoms with Crippen LogP contribution in [0.2, 0.25) is 0 Å². The Balaban J connectivity index is 2.13. The van der Waals surface area contributed by atoms with Gasteiger partial charge >= 0.3 is 0 Å². The summed E-state index contributed by atoms with van der Waals surface area (Å²) in [7, 11) is 0. The molecule has 0 aliphatic heterocycles. The van der Waals surface area contributed by atoms with Crippen LogP contribution >= 0.6 is 0 Å². The van der Waals surface area contributed by atoms with Crippen molar-refractivity contribution in [3.05, 3.63) is 47.3 Å². The largest absolute Gasteiger partial charge is 0.396 e. The fourth-order valence-corrected chi connectivity index (χ4v) is 3.62. The quantitative estimate of drug-likeness (QED) is 0.422. The van der Waals surface area contributed by atoms with Gasteiger partial charge in [0.25, 0.3) is 0 Å². The van der Waals surface area contributed by atoms with Crippen molar-refractivity contribution >= 4 is 5.96 Å². The van der Waals surface area contributed by atoms with Crippen molar-refractivity contribution in [1.82, 2.24) is 20.4 Å². The molecule has 0 spiro atoms. The predicted octanol–water partition coefficient (Wildman–Crippen LogP) is 3.59. The summed E-state index contributed by atoms with van der Waals surface area (Å²) in [5, 5.41) is 20.8. The summed E-state index contributed by atoms with van der Waals surface area (Å²) in [5.74, 6) is 1.86. The van der Waals surface area contributed by atoms with Gasteiger partial charge in [0.2, 0.25) is 0 Å². The highest BCUT2D eigenvalue weighted by atomic mass is 16.3. The second-order valence-corrected chi connectivity index (χ2v) is 8.05. The Morgan fingerprint density at radius 1 is 1.21 bits per heavy atom. The van der Waals surface area contributed by atoms with E-state index in [9.17, 15) is 5.11 Å². The molecular weight excluding hydrogens is 362 g/mol. The normalized spacial score (nSPS) is 13.0. The highest BCUT2D eigenvalue weighted by molar-refractivity contribution is 5.79. The van der Waals surface area contributed by atoms with E-state index in [0.29, 0.717) is 18.4 Å². The van der Waals surface area contributed by atoms with Gasteiger partial charge in [0.15, 0.2) is 5.96 Å². The summed E-state index contributed by atoms with van der Waals surface area (Å²) in [6.45, 7) is 13.0. The Hall–Kier alpha value is -2.34. The van der Waals surface area contributed by atoms with E-state index in [-0.39, 0.29) is 6.61 Å². The number of guanidine groups is 1. The summed E-state index contributed by atoms with van der Waals surface area (Å²) in [6.07, 6.45) is 1.90.